The Morgan fingerprint density at radius 2 is 1.72 bits per heavy atom. The van der Waals surface area contributed by atoms with Gasteiger partial charge in [-0.15, -0.1) is 0 Å². The average Bonchev–Trinajstić information content (AvgIpc) is 3.19. The molecular formula is C26H26N4O2. The molecule has 0 radical (unpaired) electrons. The molecule has 162 valence electrons. The van der Waals surface area contributed by atoms with E-state index in [1.807, 2.05) is 47.1 Å². The Hall–Kier alpha value is -3.80. The van der Waals surface area contributed by atoms with Gasteiger partial charge in [0.1, 0.15) is 5.82 Å². The van der Waals surface area contributed by atoms with Crippen LogP contribution in [0.3, 0.4) is 0 Å². The van der Waals surface area contributed by atoms with Gasteiger partial charge in [0.15, 0.2) is 5.82 Å². The van der Waals surface area contributed by atoms with E-state index in [2.05, 4.69) is 24.0 Å². The molecule has 0 aliphatic rings. The van der Waals surface area contributed by atoms with E-state index in [9.17, 15) is 9.90 Å². The maximum atomic E-state index is 11.5. The summed E-state index contributed by atoms with van der Waals surface area (Å²) in [4.78, 5) is 20.4. The zero-order chi connectivity index (χ0) is 22.3. The Balaban J connectivity index is 1.56. The number of aromatic carboxylic acids is 1. The summed E-state index contributed by atoms with van der Waals surface area (Å²) in [7, 11) is 0. The van der Waals surface area contributed by atoms with Crippen LogP contribution in [0.1, 0.15) is 52.9 Å². The maximum Gasteiger partial charge on any atom is 0.336 e. The van der Waals surface area contributed by atoms with Crippen molar-refractivity contribution >= 4 is 5.97 Å². The summed E-state index contributed by atoms with van der Waals surface area (Å²) in [6.07, 6.45) is 6.63. The highest BCUT2D eigenvalue weighted by atomic mass is 16.4. The number of carbonyl (C=O) groups is 1. The Morgan fingerprint density at radius 3 is 2.44 bits per heavy atom. The van der Waals surface area contributed by atoms with Crippen LogP contribution in [0.2, 0.25) is 0 Å². The molecule has 0 saturated heterocycles. The highest BCUT2D eigenvalue weighted by molar-refractivity contribution is 5.95. The zero-order valence-corrected chi connectivity index (χ0v) is 18.1. The third-order valence-electron chi connectivity index (χ3n) is 5.40. The zero-order valence-electron chi connectivity index (χ0n) is 18.1. The molecule has 4 aromatic rings. The monoisotopic (exact) mass is 426 g/mol. The number of hydrogen-bond acceptors (Lipinski definition) is 4. The van der Waals surface area contributed by atoms with Gasteiger partial charge < -0.3 is 5.11 Å². The van der Waals surface area contributed by atoms with Crippen LogP contribution in [0.15, 0.2) is 73.1 Å². The number of carboxylic acids is 1. The fourth-order valence-corrected chi connectivity index (χ4v) is 3.69. The van der Waals surface area contributed by atoms with E-state index in [1.54, 1.807) is 6.20 Å². The first-order chi connectivity index (χ1) is 15.6. The molecule has 0 bridgehead atoms. The van der Waals surface area contributed by atoms with Crippen molar-refractivity contribution in [2.75, 3.05) is 0 Å². The topological polar surface area (TPSA) is 80.9 Å². The summed E-state index contributed by atoms with van der Waals surface area (Å²) in [5.41, 5.74) is 3.99. The lowest BCUT2D eigenvalue weighted by Crippen LogP contribution is -2.06. The molecule has 0 atom stereocenters. The second-order valence-corrected chi connectivity index (χ2v) is 7.78. The van der Waals surface area contributed by atoms with Gasteiger partial charge in [-0.2, -0.15) is 5.10 Å². The standard InChI is InChI=1S/C26H26N4O2/c1-2-3-15-30-25(28-24(29-30)16-19-7-5-4-6-8-19)17-20-9-11-21(12-10-20)23-18-27-14-13-22(23)26(31)32/h4-14,18H,2-3,15-17H2,1H3,(H,31,32). The fourth-order valence-electron chi connectivity index (χ4n) is 3.69. The smallest absolute Gasteiger partial charge is 0.336 e. The minimum atomic E-state index is -0.957. The van der Waals surface area contributed by atoms with E-state index in [-0.39, 0.29) is 5.56 Å². The number of carboxylic acid groups (broad SMARTS) is 1. The Labute approximate surface area is 187 Å². The second kappa shape index (κ2) is 10.0. The molecule has 4 rings (SSSR count). The minimum absolute atomic E-state index is 0.248. The number of pyridine rings is 1. The van der Waals surface area contributed by atoms with Gasteiger partial charge in [0, 0.05) is 37.3 Å². The number of hydrogen-bond donors (Lipinski definition) is 1. The third kappa shape index (κ3) is 5.09. The minimum Gasteiger partial charge on any atom is -0.478 e. The number of aryl methyl sites for hydroxylation is 1. The molecule has 0 saturated carbocycles. The van der Waals surface area contributed by atoms with Crippen molar-refractivity contribution in [3.05, 3.63) is 101 Å². The number of rotatable bonds is 9. The molecule has 0 aliphatic heterocycles. The van der Waals surface area contributed by atoms with E-state index in [4.69, 9.17) is 10.1 Å². The van der Waals surface area contributed by atoms with Crippen molar-refractivity contribution in [3.8, 4) is 11.1 Å². The van der Waals surface area contributed by atoms with Gasteiger partial charge in [-0.3, -0.25) is 4.98 Å². The average molecular weight is 427 g/mol. The van der Waals surface area contributed by atoms with Gasteiger partial charge in [-0.1, -0.05) is 67.9 Å². The molecule has 6 heteroatoms. The molecule has 2 aromatic heterocycles. The van der Waals surface area contributed by atoms with E-state index in [0.717, 1.165) is 42.2 Å². The normalized spacial score (nSPS) is 10.9. The molecule has 32 heavy (non-hydrogen) atoms. The quantitative estimate of drug-likeness (QED) is 0.406. The number of unbranched alkanes of at least 4 members (excludes halogenated alkanes) is 1. The Morgan fingerprint density at radius 1 is 0.969 bits per heavy atom. The third-order valence-corrected chi connectivity index (χ3v) is 5.40. The summed E-state index contributed by atoms with van der Waals surface area (Å²) in [5, 5.41) is 14.2. The van der Waals surface area contributed by atoms with Crippen LogP contribution < -0.4 is 0 Å². The van der Waals surface area contributed by atoms with Gasteiger partial charge in [0.25, 0.3) is 0 Å². The lowest BCUT2D eigenvalue weighted by atomic mass is 10.00. The van der Waals surface area contributed by atoms with Crippen molar-refractivity contribution in [1.82, 2.24) is 19.7 Å². The second-order valence-electron chi connectivity index (χ2n) is 7.78. The molecule has 0 fully saturated rings. The van der Waals surface area contributed by atoms with Crippen LogP contribution in [0.4, 0.5) is 0 Å². The number of benzene rings is 2. The van der Waals surface area contributed by atoms with Crippen molar-refractivity contribution in [2.45, 2.75) is 39.2 Å². The van der Waals surface area contributed by atoms with E-state index >= 15 is 0 Å². The molecule has 0 spiro atoms. The number of nitrogens with zero attached hydrogens (tertiary/aromatic N) is 4. The molecule has 6 nitrogen and oxygen atoms in total. The summed E-state index contributed by atoms with van der Waals surface area (Å²) in [5.74, 6) is 0.826. The predicted octanol–water partition coefficient (Wildman–Crippen LogP) is 5.02. The molecule has 2 heterocycles. The van der Waals surface area contributed by atoms with Crippen LogP contribution in [0.5, 0.6) is 0 Å². The van der Waals surface area contributed by atoms with Crippen LogP contribution >= 0.6 is 0 Å². The largest absolute Gasteiger partial charge is 0.478 e. The van der Waals surface area contributed by atoms with Gasteiger partial charge in [0.2, 0.25) is 0 Å². The number of aromatic nitrogens is 4. The van der Waals surface area contributed by atoms with Crippen molar-refractivity contribution in [1.29, 1.82) is 0 Å². The Bertz CT molecular complexity index is 1180. The molecule has 0 unspecified atom stereocenters. The molecular weight excluding hydrogens is 400 g/mol. The fraction of sp³-hybridized carbons (Fsp3) is 0.231. The van der Waals surface area contributed by atoms with Crippen molar-refractivity contribution in [2.24, 2.45) is 0 Å². The van der Waals surface area contributed by atoms with Gasteiger partial charge >= 0.3 is 5.97 Å². The lowest BCUT2D eigenvalue weighted by molar-refractivity contribution is 0.0697. The molecule has 2 aromatic carbocycles. The van der Waals surface area contributed by atoms with Crippen molar-refractivity contribution < 1.29 is 9.90 Å². The Kier molecular flexibility index (Phi) is 6.70. The van der Waals surface area contributed by atoms with Crippen LogP contribution in [0.25, 0.3) is 11.1 Å². The molecule has 1 N–H and O–H groups in total. The molecule has 0 aliphatic carbocycles. The van der Waals surface area contributed by atoms with Crippen LogP contribution in [0, 0.1) is 0 Å². The highest BCUT2D eigenvalue weighted by Crippen LogP contribution is 2.24. The maximum absolute atomic E-state index is 11.5. The summed E-state index contributed by atoms with van der Waals surface area (Å²) in [6.45, 7) is 3.02. The van der Waals surface area contributed by atoms with E-state index < -0.39 is 5.97 Å². The first kappa shape index (κ1) is 21.4. The van der Waals surface area contributed by atoms with Gasteiger partial charge in [-0.25, -0.2) is 14.5 Å². The highest BCUT2D eigenvalue weighted by Gasteiger charge is 2.13. The first-order valence-electron chi connectivity index (χ1n) is 10.9. The summed E-state index contributed by atoms with van der Waals surface area (Å²) >= 11 is 0. The van der Waals surface area contributed by atoms with Crippen LogP contribution in [-0.2, 0) is 19.4 Å². The summed E-state index contributed by atoms with van der Waals surface area (Å²) in [6, 6.07) is 19.7. The summed E-state index contributed by atoms with van der Waals surface area (Å²) < 4.78 is 2.03. The van der Waals surface area contributed by atoms with E-state index in [0.29, 0.717) is 18.4 Å². The first-order valence-corrected chi connectivity index (χ1v) is 10.9. The van der Waals surface area contributed by atoms with Crippen molar-refractivity contribution in [3.63, 3.8) is 0 Å². The molecule has 0 amide bonds. The van der Waals surface area contributed by atoms with Gasteiger partial charge in [0.05, 0.1) is 5.56 Å². The van der Waals surface area contributed by atoms with Gasteiger partial charge in [-0.05, 0) is 29.2 Å². The van der Waals surface area contributed by atoms with E-state index in [1.165, 1.54) is 17.8 Å². The SMILES string of the molecule is CCCCn1nc(Cc2ccccc2)nc1Cc1ccc(-c2cnccc2C(=O)O)cc1. The van der Waals surface area contributed by atoms with Crippen LogP contribution in [-0.4, -0.2) is 30.8 Å². The predicted molar refractivity (Wildman–Crippen MR) is 124 cm³/mol. The lowest BCUT2D eigenvalue weighted by Gasteiger charge is -2.08.